The van der Waals surface area contributed by atoms with Crippen LogP contribution in [-0.4, -0.2) is 37.9 Å². The Balaban J connectivity index is 0.000000505. The smallest absolute Gasteiger partial charge is 0.490 e. The molecule has 200 valence electrons. The number of aromatic hydroxyl groups is 1. The molecule has 4 N–H and O–H groups in total. The molecule has 0 spiro atoms. The molecule has 0 aromatic heterocycles. The molecule has 12 heteroatoms. The fraction of sp³-hybridized carbons (Fsp3) is 0.115. The van der Waals surface area contributed by atoms with Crippen molar-refractivity contribution < 1.29 is 41.3 Å². The Kier molecular flexibility index (Phi) is 8.68. The fourth-order valence-electron chi connectivity index (χ4n) is 3.29. The van der Waals surface area contributed by atoms with Crippen molar-refractivity contribution in [1.82, 2.24) is 0 Å². The number of carboxylic acids is 1. The maximum Gasteiger partial charge on any atom is 0.490 e. The predicted molar refractivity (Wildman–Crippen MR) is 137 cm³/mol. The molecular weight excluding hydrogens is 525 g/mol. The lowest BCUT2D eigenvalue weighted by atomic mass is 10.1. The van der Waals surface area contributed by atoms with E-state index in [9.17, 15) is 26.7 Å². The van der Waals surface area contributed by atoms with E-state index in [4.69, 9.17) is 14.6 Å². The Labute approximate surface area is 216 Å². The number of carboxylic acid groups (broad SMARTS) is 1. The Morgan fingerprint density at radius 3 is 2.11 bits per heavy atom. The number of hydrogen-bond acceptors (Lipinski definition) is 6. The zero-order chi connectivity index (χ0) is 27.9. The van der Waals surface area contributed by atoms with E-state index in [1.54, 1.807) is 36.4 Å². The number of halogens is 3. The second kappa shape index (κ2) is 11.7. The van der Waals surface area contributed by atoms with E-state index < -0.39 is 22.2 Å². The van der Waals surface area contributed by atoms with Crippen LogP contribution in [0, 0.1) is 0 Å². The summed E-state index contributed by atoms with van der Waals surface area (Å²) in [5.74, 6) is -2.27. The first-order valence-electron chi connectivity index (χ1n) is 10.9. The van der Waals surface area contributed by atoms with Crippen molar-refractivity contribution in [3.8, 4) is 11.5 Å². The molecule has 4 aromatic rings. The highest BCUT2D eigenvalue weighted by Gasteiger charge is 2.38. The Hall–Kier alpha value is -4.45. The monoisotopic (exact) mass is 548 g/mol. The van der Waals surface area contributed by atoms with Crippen molar-refractivity contribution in [2.75, 3.05) is 17.1 Å². The minimum atomic E-state index is -5.08. The minimum absolute atomic E-state index is 0.0799. The summed E-state index contributed by atoms with van der Waals surface area (Å²) in [6.07, 6.45) is -5.08. The number of anilines is 2. The first-order chi connectivity index (χ1) is 17.9. The molecular formula is C26H23F3N2O6S. The number of aliphatic carboxylic acids is 1. The molecule has 0 radical (unpaired) electrons. The summed E-state index contributed by atoms with van der Waals surface area (Å²) < 4.78 is 65.0. The highest BCUT2D eigenvalue weighted by atomic mass is 32.2. The first-order valence-corrected chi connectivity index (χ1v) is 12.4. The highest BCUT2D eigenvalue weighted by Crippen LogP contribution is 2.30. The van der Waals surface area contributed by atoms with Gasteiger partial charge in [-0.25, -0.2) is 13.2 Å². The molecule has 0 bridgehead atoms. The van der Waals surface area contributed by atoms with Gasteiger partial charge in [0.1, 0.15) is 0 Å². The summed E-state index contributed by atoms with van der Waals surface area (Å²) in [4.78, 5) is 9.06. The first kappa shape index (κ1) is 28.1. The predicted octanol–water partition coefficient (Wildman–Crippen LogP) is 5.60. The van der Waals surface area contributed by atoms with Gasteiger partial charge in [0.25, 0.3) is 10.0 Å². The van der Waals surface area contributed by atoms with E-state index in [1.807, 2.05) is 36.4 Å². The van der Waals surface area contributed by atoms with E-state index >= 15 is 0 Å². The summed E-state index contributed by atoms with van der Waals surface area (Å²) in [6, 6.07) is 24.9. The van der Waals surface area contributed by atoms with Crippen LogP contribution in [0.15, 0.2) is 89.8 Å². The van der Waals surface area contributed by atoms with Crippen molar-refractivity contribution in [2.45, 2.75) is 17.6 Å². The highest BCUT2D eigenvalue weighted by molar-refractivity contribution is 7.92. The van der Waals surface area contributed by atoms with Gasteiger partial charge in [-0.3, -0.25) is 4.72 Å². The van der Waals surface area contributed by atoms with Crippen LogP contribution < -0.4 is 14.8 Å². The summed E-state index contributed by atoms with van der Waals surface area (Å²) in [6.45, 7) is 0.366. The topological polar surface area (TPSA) is 125 Å². The molecule has 0 aliphatic heterocycles. The van der Waals surface area contributed by atoms with Gasteiger partial charge in [0.2, 0.25) is 0 Å². The molecule has 0 aliphatic carbocycles. The van der Waals surface area contributed by atoms with E-state index in [-0.39, 0.29) is 10.6 Å². The van der Waals surface area contributed by atoms with Gasteiger partial charge in [-0.1, -0.05) is 42.5 Å². The average Bonchev–Trinajstić information content (AvgIpc) is 2.88. The number of nitrogens with one attached hydrogen (secondary N) is 2. The van der Waals surface area contributed by atoms with Crippen LogP contribution in [-0.2, 0) is 21.4 Å². The normalized spacial score (nSPS) is 11.3. The van der Waals surface area contributed by atoms with Gasteiger partial charge in [-0.05, 0) is 53.2 Å². The molecule has 0 heterocycles. The number of methoxy groups -OCH3 is 1. The Bertz CT molecular complexity index is 1520. The van der Waals surface area contributed by atoms with Crippen molar-refractivity contribution in [2.24, 2.45) is 0 Å². The maximum atomic E-state index is 12.8. The third kappa shape index (κ3) is 7.29. The van der Waals surface area contributed by atoms with Crippen molar-refractivity contribution in [1.29, 1.82) is 0 Å². The van der Waals surface area contributed by atoms with Gasteiger partial charge in [0, 0.05) is 23.5 Å². The number of sulfonamides is 1. The van der Waals surface area contributed by atoms with Crippen LogP contribution in [0.2, 0.25) is 0 Å². The van der Waals surface area contributed by atoms with Crippen molar-refractivity contribution in [3.63, 3.8) is 0 Å². The van der Waals surface area contributed by atoms with E-state index in [0.29, 0.717) is 23.5 Å². The molecule has 0 saturated carbocycles. The molecule has 0 aliphatic rings. The number of para-hydroxylation sites is 1. The van der Waals surface area contributed by atoms with Crippen LogP contribution in [0.1, 0.15) is 5.56 Å². The molecule has 4 rings (SSSR count). The second-order valence-corrected chi connectivity index (χ2v) is 9.50. The Morgan fingerprint density at radius 2 is 1.50 bits per heavy atom. The summed E-state index contributed by atoms with van der Waals surface area (Å²) in [5, 5.41) is 22.5. The SMILES string of the molecule is COc1cccc(CNc2ccc(S(=O)(=O)Nc3ccc4ccccc4c3)cc2)c1O.O=C(O)C(F)(F)F. The molecule has 8 nitrogen and oxygen atoms in total. The number of fused-ring (bicyclic) bond motifs is 1. The molecule has 0 unspecified atom stereocenters. The minimum Gasteiger partial charge on any atom is -0.504 e. The van der Waals surface area contributed by atoms with E-state index in [1.165, 1.54) is 19.2 Å². The van der Waals surface area contributed by atoms with Crippen molar-refractivity contribution in [3.05, 3.63) is 90.5 Å². The van der Waals surface area contributed by atoms with Crippen LogP contribution in [0.4, 0.5) is 24.5 Å². The summed E-state index contributed by atoms with van der Waals surface area (Å²) in [5.41, 5.74) is 1.91. The van der Waals surface area contributed by atoms with Crippen LogP contribution in [0.5, 0.6) is 11.5 Å². The van der Waals surface area contributed by atoms with Gasteiger partial charge < -0.3 is 20.3 Å². The number of phenols is 1. The number of ether oxygens (including phenoxy) is 1. The lowest BCUT2D eigenvalue weighted by Crippen LogP contribution is -2.21. The fourth-order valence-corrected chi connectivity index (χ4v) is 4.34. The van der Waals surface area contributed by atoms with Gasteiger partial charge in [-0.2, -0.15) is 13.2 Å². The zero-order valence-corrected chi connectivity index (χ0v) is 20.7. The van der Waals surface area contributed by atoms with Gasteiger partial charge in [0.15, 0.2) is 11.5 Å². The standard InChI is InChI=1S/C24H22N2O4S.C2HF3O2/c1-30-23-8-4-7-19(24(23)27)16-25-20-11-13-22(14-12-20)31(28,29)26-21-10-9-17-5-2-3-6-18(17)15-21;3-2(4,5)1(6)7/h2-15,25-27H,16H2,1H3;(H,6,7). The number of phenolic OH excluding ortho intramolecular Hbond substituents is 1. The number of alkyl halides is 3. The third-order valence-electron chi connectivity index (χ3n) is 5.19. The summed E-state index contributed by atoms with van der Waals surface area (Å²) in [7, 11) is -2.22. The maximum absolute atomic E-state index is 12.8. The summed E-state index contributed by atoms with van der Waals surface area (Å²) >= 11 is 0. The quantitative estimate of drug-likeness (QED) is 0.237. The lowest BCUT2D eigenvalue weighted by molar-refractivity contribution is -0.192. The molecule has 0 fully saturated rings. The van der Waals surface area contributed by atoms with Gasteiger partial charge >= 0.3 is 12.1 Å². The van der Waals surface area contributed by atoms with Crippen LogP contribution in [0.3, 0.4) is 0 Å². The molecule has 0 atom stereocenters. The number of hydrogen-bond donors (Lipinski definition) is 4. The van der Waals surface area contributed by atoms with Gasteiger partial charge in [-0.15, -0.1) is 0 Å². The van der Waals surface area contributed by atoms with Crippen molar-refractivity contribution >= 4 is 38.1 Å². The number of benzene rings is 4. The molecule has 4 aromatic carbocycles. The van der Waals surface area contributed by atoms with Crippen LogP contribution in [0.25, 0.3) is 10.8 Å². The molecule has 38 heavy (non-hydrogen) atoms. The molecule has 0 saturated heterocycles. The molecule has 0 amide bonds. The number of rotatable bonds is 7. The second-order valence-electron chi connectivity index (χ2n) is 7.82. The number of carbonyl (C=O) groups is 1. The Morgan fingerprint density at radius 1 is 0.895 bits per heavy atom. The lowest BCUT2D eigenvalue weighted by Gasteiger charge is -2.12. The third-order valence-corrected chi connectivity index (χ3v) is 6.59. The van der Waals surface area contributed by atoms with E-state index in [0.717, 1.165) is 16.5 Å². The zero-order valence-electron chi connectivity index (χ0n) is 19.9. The largest absolute Gasteiger partial charge is 0.504 e. The van der Waals surface area contributed by atoms with Crippen LogP contribution >= 0.6 is 0 Å². The van der Waals surface area contributed by atoms with E-state index in [2.05, 4.69) is 10.0 Å². The average molecular weight is 549 g/mol. The van der Waals surface area contributed by atoms with Gasteiger partial charge in [0.05, 0.1) is 12.0 Å².